The van der Waals surface area contributed by atoms with Crippen molar-refractivity contribution in [3.8, 4) is 0 Å². The average molecular weight is 277 g/mol. The number of rotatable bonds is 3. The first-order chi connectivity index (χ1) is 10.2. The van der Waals surface area contributed by atoms with Crippen molar-refractivity contribution in [3.63, 3.8) is 0 Å². The molecule has 0 spiro atoms. The van der Waals surface area contributed by atoms with E-state index in [4.69, 9.17) is 0 Å². The van der Waals surface area contributed by atoms with Gasteiger partial charge in [-0.1, -0.05) is 67.2 Å². The van der Waals surface area contributed by atoms with E-state index in [0.717, 1.165) is 22.7 Å². The van der Waals surface area contributed by atoms with Gasteiger partial charge in [0.2, 0.25) is 0 Å². The van der Waals surface area contributed by atoms with Crippen LogP contribution in [0.2, 0.25) is 0 Å². The summed E-state index contributed by atoms with van der Waals surface area (Å²) in [5.41, 5.74) is 2.82. The van der Waals surface area contributed by atoms with Gasteiger partial charge in [0, 0.05) is 23.9 Å². The van der Waals surface area contributed by atoms with Crippen LogP contribution < -0.4 is 5.32 Å². The van der Waals surface area contributed by atoms with Crippen molar-refractivity contribution in [2.45, 2.75) is 6.92 Å². The van der Waals surface area contributed by atoms with Crippen molar-refractivity contribution < 1.29 is 0 Å². The molecular weight excluding hydrogens is 258 g/mol. The fourth-order valence-electron chi connectivity index (χ4n) is 1.90. The summed E-state index contributed by atoms with van der Waals surface area (Å²) >= 11 is 0. The smallest absolute Gasteiger partial charge is 0.156 e. The Morgan fingerprint density at radius 2 is 1.43 bits per heavy atom. The number of nitrogens with zero attached hydrogens (tertiary/aromatic N) is 2. The van der Waals surface area contributed by atoms with Crippen LogP contribution in [0.1, 0.15) is 18.1 Å². The van der Waals surface area contributed by atoms with Gasteiger partial charge in [-0.3, -0.25) is 4.99 Å². The quantitative estimate of drug-likeness (QED) is 0.675. The normalized spacial score (nSPS) is 12.1. The Labute approximate surface area is 125 Å². The fraction of sp³-hybridized carbons (Fsp3) is 0.111. The molecule has 2 rings (SSSR count). The lowest BCUT2D eigenvalue weighted by Gasteiger charge is -2.10. The van der Waals surface area contributed by atoms with Crippen molar-refractivity contribution in [2.24, 2.45) is 9.98 Å². The Morgan fingerprint density at radius 3 is 1.90 bits per heavy atom. The van der Waals surface area contributed by atoms with E-state index in [-0.39, 0.29) is 0 Å². The van der Waals surface area contributed by atoms with Gasteiger partial charge >= 0.3 is 0 Å². The Bertz CT molecular complexity index is 655. The van der Waals surface area contributed by atoms with Gasteiger partial charge in [0.05, 0.1) is 0 Å². The zero-order chi connectivity index (χ0) is 15.1. The molecule has 0 saturated heterocycles. The largest absolute Gasteiger partial charge is 0.344 e. The number of nitrogens with one attached hydrogen (secondary N) is 1. The van der Waals surface area contributed by atoms with Crippen LogP contribution in [0.4, 0.5) is 0 Å². The van der Waals surface area contributed by atoms with E-state index in [2.05, 4.69) is 21.9 Å². The molecule has 0 aliphatic rings. The molecule has 0 aliphatic heterocycles. The van der Waals surface area contributed by atoms with Gasteiger partial charge in [-0.05, 0) is 6.92 Å². The predicted molar refractivity (Wildman–Crippen MR) is 89.8 cm³/mol. The van der Waals surface area contributed by atoms with Crippen molar-refractivity contribution in [1.29, 1.82) is 0 Å². The molecule has 0 fully saturated rings. The molecule has 0 atom stereocenters. The van der Waals surface area contributed by atoms with Crippen LogP contribution in [0, 0.1) is 0 Å². The highest BCUT2D eigenvalue weighted by Crippen LogP contribution is 2.06. The van der Waals surface area contributed by atoms with E-state index in [1.807, 2.05) is 67.6 Å². The maximum absolute atomic E-state index is 4.67. The monoisotopic (exact) mass is 277 g/mol. The summed E-state index contributed by atoms with van der Waals surface area (Å²) in [6, 6.07) is 19.9. The molecule has 0 heterocycles. The maximum atomic E-state index is 4.67. The number of amidine groups is 2. The van der Waals surface area contributed by atoms with E-state index in [9.17, 15) is 0 Å². The Hall–Kier alpha value is -2.68. The molecule has 0 bridgehead atoms. The lowest BCUT2D eigenvalue weighted by molar-refractivity contribution is 1.12. The zero-order valence-electron chi connectivity index (χ0n) is 12.4. The molecule has 3 nitrogen and oxygen atoms in total. The molecule has 1 N–H and O–H groups in total. The van der Waals surface area contributed by atoms with Gasteiger partial charge in [0.25, 0.3) is 0 Å². The van der Waals surface area contributed by atoms with Gasteiger partial charge in [-0.25, -0.2) is 4.99 Å². The second-order valence-corrected chi connectivity index (χ2v) is 4.65. The number of hydrogen-bond donors (Lipinski definition) is 1. The number of aliphatic imine (C=N–C) groups is 2. The molecule has 2 aromatic rings. The standard InChI is InChI=1S/C18H19N3/c1-14(2)20-18(16-12-8-5-9-13-16)21-17(19-3)15-10-6-4-7-11-15/h4-13H,1H2,2-3H3,(H,19,20,21). The Morgan fingerprint density at radius 1 is 0.905 bits per heavy atom. The zero-order valence-corrected chi connectivity index (χ0v) is 12.4. The number of benzene rings is 2. The second kappa shape index (κ2) is 7.20. The topological polar surface area (TPSA) is 36.8 Å². The van der Waals surface area contributed by atoms with Crippen LogP contribution in [0.15, 0.2) is 82.9 Å². The molecule has 0 unspecified atom stereocenters. The van der Waals surface area contributed by atoms with Crippen LogP contribution >= 0.6 is 0 Å². The van der Waals surface area contributed by atoms with Gasteiger partial charge in [0.1, 0.15) is 5.84 Å². The summed E-state index contributed by atoms with van der Waals surface area (Å²) in [6.45, 7) is 5.80. The third-order valence-electron chi connectivity index (χ3n) is 2.84. The third-order valence-corrected chi connectivity index (χ3v) is 2.84. The van der Waals surface area contributed by atoms with Crippen molar-refractivity contribution in [1.82, 2.24) is 5.32 Å². The first-order valence-corrected chi connectivity index (χ1v) is 6.79. The van der Waals surface area contributed by atoms with Gasteiger partial charge in [-0.2, -0.15) is 0 Å². The summed E-state index contributed by atoms with van der Waals surface area (Å²) < 4.78 is 0. The van der Waals surface area contributed by atoms with Crippen LogP contribution in [0.25, 0.3) is 0 Å². The minimum Gasteiger partial charge on any atom is -0.344 e. The molecule has 3 heteroatoms. The van der Waals surface area contributed by atoms with E-state index < -0.39 is 0 Å². The Kier molecular flexibility index (Phi) is 5.04. The summed E-state index contributed by atoms with van der Waals surface area (Å²) in [5, 5.41) is 3.21. The molecule has 0 saturated carbocycles. The van der Waals surface area contributed by atoms with E-state index in [1.165, 1.54) is 0 Å². The number of allylic oxidation sites excluding steroid dienone is 1. The molecule has 0 aliphatic carbocycles. The summed E-state index contributed by atoms with van der Waals surface area (Å²) in [5.74, 6) is 1.43. The summed E-state index contributed by atoms with van der Waals surface area (Å²) in [7, 11) is 1.75. The molecular formula is C18H19N3. The maximum Gasteiger partial charge on any atom is 0.156 e. The molecule has 0 radical (unpaired) electrons. The van der Waals surface area contributed by atoms with Crippen molar-refractivity contribution in [3.05, 3.63) is 84.1 Å². The van der Waals surface area contributed by atoms with Crippen LogP contribution in [0.3, 0.4) is 0 Å². The van der Waals surface area contributed by atoms with Crippen LogP contribution in [-0.4, -0.2) is 18.7 Å². The SMILES string of the molecule is C=C(C)NC(=NC(=NC)c1ccccc1)c1ccccc1. The third kappa shape index (κ3) is 4.14. The molecule has 0 amide bonds. The van der Waals surface area contributed by atoms with E-state index >= 15 is 0 Å². The van der Waals surface area contributed by atoms with E-state index in [1.54, 1.807) is 7.05 Å². The summed E-state index contributed by atoms with van der Waals surface area (Å²) in [4.78, 5) is 8.96. The van der Waals surface area contributed by atoms with Crippen LogP contribution in [0.5, 0.6) is 0 Å². The molecule has 21 heavy (non-hydrogen) atoms. The molecule has 2 aromatic carbocycles. The minimum atomic E-state index is 0.684. The Balaban J connectivity index is 2.42. The van der Waals surface area contributed by atoms with Crippen molar-refractivity contribution in [2.75, 3.05) is 7.05 Å². The molecule has 0 aromatic heterocycles. The number of hydrogen-bond acceptors (Lipinski definition) is 1. The van der Waals surface area contributed by atoms with Crippen LogP contribution in [-0.2, 0) is 0 Å². The van der Waals surface area contributed by atoms with E-state index in [0.29, 0.717) is 5.84 Å². The van der Waals surface area contributed by atoms with Gasteiger partial charge in [-0.15, -0.1) is 0 Å². The van der Waals surface area contributed by atoms with Gasteiger partial charge in [0.15, 0.2) is 5.84 Å². The summed E-state index contributed by atoms with van der Waals surface area (Å²) in [6.07, 6.45) is 0. The lowest BCUT2D eigenvalue weighted by atomic mass is 10.2. The van der Waals surface area contributed by atoms with Gasteiger partial charge < -0.3 is 5.32 Å². The second-order valence-electron chi connectivity index (χ2n) is 4.65. The first kappa shape index (κ1) is 14.7. The first-order valence-electron chi connectivity index (χ1n) is 6.79. The predicted octanol–water partition coefficient (Wildman–Crippen LogP) is 3.63. The molecule has 106 valence electrons. The average Bonchev–Trinajstić information content (AvgIpc) is 2.52. The minimum absolute atomic E-state index is 0.684. The van der Waals surface area contributed by atoms with Crippen molar-refractivity contribution >= 4 is 11.7 Å². The highest BCUT2D eigenvalue weighted by atomic mass is 15.0. The fourth-order valence-corrected chi connectivity index (χ4v) is 1.90. The lowest BCUT2D eigenvalue weighted by Crippen LogP contribution is -2.23. The highest BCUT2D eigenvalue weighted by molar-refractivity contribution is 6.11. The highest BCUT2D eigenvalue weighted by Gasteiger charge is 2.06.